The van der Waals surface area contributed by atoms with E-state index in [1.807, 2.05) is 13.8 Å². The van der Waals surface area contributed by atoms with Gasteiger partial charge in [0, 0.05) is 17.9 Å². The van der Waals surface area contributed by atoms with Gasteiger partial charge >= 0.3 is 0 Å². The van der Waals surface area contributed by atoms with E-state index >= 15 is 0 Å². The smallest absolute Gasteiger partial charge is 0.228 e. The van der Waals surface area contributed by atoms with Crippen LogP contribution in [0.1, 0.15) is 49.0 Å². The maximum absolute atomic E-state index is 5.99. The second-order valence-electron chi connectivity index (χ2n) is 6.42. The monoisotopic (exact) mass is 271 g/mol. The van der Waals surface area contributed by atoms with Gasteiger partial charge in [-0.1, -0.05) is 29.4 Å². The molecular weight excluding hydrogens is 250 g/mol. The van der Waals surface area contributed by atoms with E-state index in [1.54, 1.807) is 0 Å². The summed E-state index contributed by atoms with van der Waals surface area (Å²) in [4.78, 5) is 4.53. The first kappa shape index (κ1) is 13.3. The number of rotatable bonds is 3. The first-order chi connectivity index (χ1) is 9.51. The lowest BCUT2D eigenvalue weighted by Gasteiger charge is -2.21. The third-order valence-electron chi connectivity index (χ3n) is 3.80. The first-order valence-corrected chi connectivity index (χ1v) is 7.19. The molecule has 0 amide bonds. The fourth-order valence-electron chi connectivity index (χ4n) is 2.81. The van der Waals surface area contributed by atoms with E-state index in [0.717, 1.165) is 25.1 Å². The van der Waals surface area contributed by atoms with Gasteiger partial charge in [0.2, 0.25) is 5.89 Å². The molecule has 106 valence electrons. The van der Waals surface area contributed by atoms with Crippen LogP contribution >= 0.6 is 0 Å². The number of benzene rings is 1. The highest BCUT2D eigenvalue weighted by Crippen LogP contribution is 2.31. The standard InChI is InChI=1S/C16H21N3O/c1-16(2,17)10-14-18-15(19-20-14)13-8-7-11-5-3-4-6-12(11)9-13/h3-6,13H,7-10,17H2,1-2H3. The van der Waals surface area contributed by atoms with Gasteiger partial charge in [-0.25, -0.2) is 0 Å². The highest BCUT2D eigenvalue weighted by Gasteiger charge is 2.25. The second-order valence-corrected chi connectivity index (χ2v) is 6.42. The van der Waals surface area contributed by atoms with Crippen LogP contribution in [0.15, 0.2) is 28.8 Å². The number of aryl methyl sites for hydroxylation is 1. The summed E-state index contributed by atoms with van der Waals surface area (Å²) >= 11 is 0. The molecule has 0 radical (unpaired) electrons. The van der Waals surface area contributed by atoms with Crippen molar-refractivity contribution in [2.24, 2.45) is 5.73 Å². The molecule has 20 heavy (non-hydrogen) atoms. The van der Waals surface area contributed by atoms with Crippen LogP contribution in [0.25, 0.3) is 0 Å². The Morgan fingerprint density at radius 3 is 2.80 bits per heavy atom. The van der Waals surface area contributed by atoms with Crippen LogP contribution in [-0.2, 0) is 19.3 Å². The first-order valence-electron chi connectivity index (χ1n) is 7.19. The molecular formula is C16H21N3O. The summed E-state index contributed by atoms with van der Waals surface area (Å²) in [6.07, 6.45) is 3.79. The SMILES string of the molecule is CC(C)(N)Cc1nc(C2CCc3ccccc3C2)no1. The van der Waals surface area contributed by atoms with Crippen molar-refractivity contribution in [1.29, 1.82) is 0 Å². The maximum Gasteiger partial charge on any atom is 0.228 e. The van der Waals surface area contributed by atoms with Crippen molar-refractivity contribution in [2.45, 2.75) is 51.0 Å². The van der Waals surface area contributed by atoms with E-state index in [4.69, 9.17) is 10.3 Å². The van der Waals surface area contributed by atoms with Gasteiger partial charge in [0.1, 0.15) is 0 Å². The zero-order valence-electron chi connectivity index (χ0n) is 12.1. The third-order valence-corrected chi connectivity index (χ3v) is 3.80. The van der Waals surface area contributed by atoms with Crippen molar-refractivity contribution < 1.29 is 4.52 Å². The summed E-state index contributed by atoms with van der Waals surface area (Å²) in [5.74, 6) is 1.84. The van der Waals surface area contributed by atoms with E-state index in [1.165, 1.54) is 11.1 Å². The van der Waals surface area contributed by atoms with Crippen molar-refractivity contribution >= 4 is 0 Å². The minimum atomic E-state index is -0.317. The van der Waals surface area contributed by atoms with Gasteiger partial charge in [0.25, 0.3) is 0 Å². The zero-order chi connectivity index (χ0) is 14.2. The highest BCUT2D eigenvalue weighted by molar-refractivity contribution is 5.31. The molecule has 0 bridgehead atoms. The Kier molecular flexibility index (Phi) is 3.34. The fraction of sp³-hybridized carbons (Fsp3) is 0.500. The van der Waals surface area contributed by atoms with E-state index < -0.39 is 0 Å². The Bertz CT molecular complexity index is 598. The molecule has 3 rings (SSSR count). The lowest BCUT2D eigenvalue weighted by Crippen LogP contribution is -2.34. The Balaban J connectivity index is 1.75. The number of fused-ring (bicyclic) bond motifs is 1. The van der Waals surface area contributed by atoms with Crippen LogP contribution in [0.2, 0.25) is 0 Å². The van der Waals surface area contributed by atoms with Gasteiger partial charge in [-0.15, -0.1) is 0 Å². The number of hydrogen-bond donors (Lipinski definition) is 1. The molecule has 1 atom stereocenters. The topological polar surface area (TPSA) is 64.9 Å². The van der Waals surface area contributed by atoms with Crippen molar-refractivity contribution in [3.05, 3.63) is 47.1 Å². The number of nitrogens with two attached hydrogens (primary N) is 1. The third kappa shape index (κ3) is 2.90. The Morgan fingerprint density at radius 2 is 2.05 bits per heavy atom. The summed E-state index contributed by atoms with van der Waals surface area (Å²) in [6, 6.07) is 8.62. The predicted molar refractivity (Wildman–Crippen MR) is 77.5 cm³/mol. The molecule has 1 heterocycles. The van der Waals surface area contributed by atoms with Crippen LogP contribution in [-0.4, -0.2) is 15.7 Å². The molecule has 0 saturated heterocycles. The Hall–Kier alpha value is -1.68. The lowest BCUT2D eigenvalue weighted by atomic mass is 9.83. The van der Waals surface area contributed by atoms with Crippen molar-refractivity contribution in [2.75, 3.05) is 0 Å². The summed E-state index contributed by atoms with van der Waals surface area (Å²) in [5, 5.41) is 4.16. The molecule has 1 unspecified atom stereocenters. The molecule has 0 fully saturated rings. The minimum absolute atomic E-state index is 0.317. The van der Waals surface area contributed by atoms with Crippen LogP contribution < -0.4 is 5.73 Å². The minimum Gasteiger partial charge on any atom is -0.339 e. The van der Waals surface area contributed by atoms with E-state index in [0.29, 0.717) is 18.2 Å². The molecule has 1 aromatic carbocycles. The second kappa shape index (κ2) is 5.02. The van der Waals surface area contributed by atoms with Gasteiger partial charge in [-0.05, 0) is 44.2 Å². The molecule has 0 aliphatic heterocycles. The average molecular weight is 271 g/mol. The Labute approximate surface area is 119 Å². The number of hydrogen-bond acceptors (Lipinski definition) is 4. The van der Waals surface area contributed by atoms with Crippen LogP contribution in [0.5, 0.6) is 0 Å². The zero-order valence-corrected chi connectivity index (χ0v) is 12.1. The van der Waals surface area contributed by atoms with Gasteiger partial charge in [-0.2, -0.15) is 4.98 Å². The fourth-order valence-corrected chi connectivity index (χ4v) is 2.81. The average Bonchev–Trinajstić information content (AvgIpc) is 2.84. The number of nitrogens with zero attached hydrogens (tertiary/aromatic N) is 2. The van der Waals surface area contributed by atoms with E-state index in [2.05, 4.69) is 34.4 Å². The van der Waals surface area contributed by atoms with Gasteiger partial charge in [-0.3, -0.25) is 0 Å². The Morgan fingerprint density at radius 1 is 1.30 bits per heavy atom. The van der Waals surface area contributed by atoms with E-state index in [9.17, 15) is 0 Å². The molecule has 1 aromatic heterocycles. The summed E-state index contributed by atoms with van der Waals surface area (Å²) < 4.78 is 5.34. The largest absolute Gasteiger partial charge is 0.339 e. The van der Waals surface area contributed by atoms with Crippen molar-refractivity contribution in [3.63, 3.8) is 0 Å². The van der Waals surface area contributed by atoms with Crippen LogP contribution in [0.4, 0.5) is 0 Å². The molecule has 0 saturated carbocycles. The van der Waals surface area contributed by atoms with Crippen LogP contribution in [0.3, 0.4) is 0 Å². The van der Waals surface area contributed by atoms with Crippen molar-refractivity contribution in [3.8, 4) is 0 Å². The normalized spacial score (nSPS) is 18.9. The lowest BCUT2D eigenvalue weighted by molar-refractivity contribution is 0.341. The molecule has 1 aliphatic rings. The molecule has 0 spiro atoms. The van der Waals surface area contributed by atoms with E-state index in [-0.39, 0.29) is 5.54 Å². The van der Waals surface area contributed by atoms with Gasteiger partial charge in [0.05, 0.1) is 0 Å². The predicted octanol–water partition coefficient (Wildman–Crippen LogP) is 2.62. The quantitative estimate of drug-likeness (QED) is 0.932. The van der Waals surface area contributed by atoms with Gasteiger partial charge < -0.3 is 10.3 Å². The summed E-state index contributed by atoms with van der Waals surface area (Å²) in [5.41, 5.74) is 8.54. The van der Waals surface area contributed by atoms with Crippen molar-refractivity contribution in [1.82, 2.24) is 10.1 Å². The molecule has 2 N–H and O–H groups in total. The molecule has 1 aliphatic carbocycles. The summed E-state index contributed by atoms with van der Waals surface area (Å²) in [7, 11) is 0. The maximum atomic E-state index is 5.99. The molecule has 4 heteroatoms. The summed E-state index contributed by atoms with van der Waals surface area (Å²) in [6.45, 7) is 3.93. The molecule has 2 aromatic rings. The van der Waals surface area contributed by atoms with Gasteiger partial charge in [0.15, 0.2) is 5.82 Å². The highest BCUT2D eigenvalue weighted by atomic mass is 16.5. The molecule has 4 nitrogen and oxygen atoms in total. The number of aromatic nitrogens is 2. The van der Waals surface area contributed by atoms with Crippen LogP contribution in [0, 0.1) is 0 Å².